The van der Waals surface area contributed by atoms with E-state index < -0.39 is 5.97 Å². The molecule has 0 atom stereocenters. The number of aliphatic carboxylic acids is 1. The summed E-state index contributed by atoms with van der Waals surface area (Å²) in [7, 11) is 0. The monoisotopic (exact) mass is 397 g/mol. The number of nitrogens with zero attached hydrogens (tertiary/aromatic N) is 4. The molecule has 8 heteroatoms. The van der Waals surface area contributed by atoms with Crippen molar-refractivity contribution in [2.45, 2.75) is 50.1 Å². The largest absolute Gasteiger partial charge is 0.481 e. The standard InChI is InChI=1S/C20H23N5O2S/c1-13-16(15-9-5-6-10-17(15)22-13)11-21-25-19(14-7-3-2-4-8-14)23-24-20(25)28-12-18(26)27/h5-6,9-11,14,22H,2-4,7-8,12H2,1H3,(H,26,27)/b21-11+. The minimum Gasteiger partial charge on any atom is -0.481 e. The van der Waals surface area contributed by atoms with Crippen LogP contribution in [0.5, 0.6) is 0 Å². The molecule has 1 saturated carbocycles. The summed E-state index contributed by atoms with van der Waals surface area (Å²) >= 11 is 1.15. The van der Waals surface area contributed by atoms with Gasteiger partial charge in [-0.3, -0.25) is 4.79 Å². The Balaban J connectivity index is 1.71. The van der Waals surface area contributed by atoms with E-state index >= 15 is 0 Å². The van der Waals surface area contributed by atoms with Crippen molar-refractivity contribution in [3.63, 3.8) is 0 Å². The first kappa shape index (κ1) is 18.7. The Hall–Kier alpha value is -2.61. The highest BCUT2D eigenvalue weighted by molar-refractivity contribution is 7.99. The van der Waals surface area contributed by atoms with Crippen molar-refractivity contribution in [1.82, 2.24) is 19.9 Å². The van der Waals surface area contributed by atoms with Gasteiger partial charge in [-0.25, -0.2) is 0 Å². The maximum Gasteiger partial charge on any atom is 0.313 e. The third-order valence-corrected chi connectivity index (χ3v) is 6.08. The zero-order valence-electron chi connectivity index (χ0n) is 15.8. The Morgan fingerprint density at radius 2 is 2.11 bits per heavy atom. The molecule has 4 rings (SSSR count). The lowest BCUT2D eigenvalue weighted by Gasteiger charge is -2.20. The predicted molar refractivity (Wildman–Crippen MR) is 110 cm³/mol. The zero-order chi connectivity index (χ0) is 19.5. The molecule has 0 radical (unpaired) electrons. The van der Waals surface area contributed by atoms with Gasteiger partial charge in [-0.05, 0) is 25.8 Å². The molecule has 0 amide bonds. The maximum absolute atomic E-state index is 11.0. The number of rotatable bonds is 6. The van der Waals surface area contributed by atoms with Crippen molar-refractivity contribution in [1.29, 1.82) is 0 Å². The molecule has 1 aliphatic carbocycles. The van der Waals surface area contributed by atoms with E-state index in [0.717, 1.165) is 52.6 Å². The second-order valence-corrected chi connectivity index (χ2v) is 8.07. The van der Waals surface area contributed by atoms with Gasteiger partial charge in [0.25, 0.3) is 0 Å². The van der Waals surface area contributed by atoms with E-state index in [1.54, 1.807) is 4.68 Å². The van der Waals surface area contributed by atoms with Crippen LogP contribution in [-0.2, 0) is 4.79 Å². The topological polar surface area (TPSA) is 96.2 Å². The molecule has 0 aliphatic heterocycles. The van der Waals surface area contributed by atoms with Crippen molar-refractivity contribution in [3.05, 3.63) is 41.3 Å². The molecule has 2 aromatic heterocycles. The van der Waals surface area contributed by atoms with Crippen LogP contribution in [0.1, 0.15) is 55.1 Å². The Kier molecular flexibility index (Phi) is 5.47. The smallest absolute Gasteiger partial charge is 0.313 e. The fraction of sp³-hybridized carbons (Fsp3) is 0.400. The van der Waals surface area contributed by atoms with E-state index in [2.05, 4.69) is 21.2 Å². The van der Waals surface area contributed by atoms with Crippen LogP contribution in [0.25, 0.3) is 10.9 Å². The molecule has 1 aliphatic rings. The number of thioether (sulfide) groups is 1. The summed E-state index contributed by atoms with van der Waals surface area (Å²) in [6, 6.07) is 8.11. The van der Waals surface area contributed by atoms with Crippen molar-refractivity contribution in [2.75, 3.05) is 5.75 Å². The molecule has 28 heavy (non-hydrogen) atoms. The van der Waals surface area contributed by atoms with Crippen molar-refractivity contribution >= 4 is 34.8 Å². The van der Waals surface area contributed by atoms with Gasteiger partial charge >= 0.3 is 5.97 Å². The summed E-state index contributed by atoms with van der Waals surface area (Å²) in [6.07, 6.45) is 7.59. The number of carbonyl (C=O) groups is 1. The summed E-state index contributed by atoms with van der Waals surface area (Å²) in [5.41, 5.74) is 3.13. The van der Waals surface area contributed by atoms with E-state index in [0.29, 0.717) is 11.1 Å². The molecule has 7 nitrogen and oxygen atoms in total. The zero-order valence-corrected chi connectivity index (χ0v) is 16.6. The van der Waals surface area contributed by atoms with Crippen molar-refractivity contribution in [2.24, 2.45) is 5.10 Å². The highest BCUT2D eigenvalue weighted by Crippen LogP contribution is 2.33. The lowest BCUT2D eigenvalue weighted by molar-refractivity contribution is -0.133. The highest BCUT2D eigenvalue weighted by atomic mass is 32.2. The third kappa shape index (κ3) is 3.82. The maximum atomic E-state index is 11.0. The van der Waals surface area contributed by atoms with Crippen LogP contribution in [0.15, 0.2) is 34.5 Å². The third-order valence-electron chi connectivity index (χ3n) is 5.18. The van der Waals surface area contributed by atoms with Gasteiger partial charge in [0.15, 0.2) is 5.82 Å². The highest BCUT2D eigenvalue weighted by Gasteiger charge is 2.24. The first-order valence-electron chi connectivity index (χ1n) is 9.55. The molecule has 2 N–H and O–H groups in total. The van der Waals surface area contributed by atoms with Gasteiger partial charge in [0, 0.05) is 28.1 Å². The number of carboxylic acid groups (broad SMARTS) is 1. The molecule has 0 bridgehead atoms. The van der Waals surface area contributed by atoms with E-state index in [9.17, 15) is 4.79 Å². The molecular weight excluding hydrogens is 374 g/mol. The molecule has 0 unspecified atom stereocenters. The molecular formula is C20H23N5O2S. The van der Waals surface area contributed by atoms with E-state index in [4.69, 9.17) is 10.2 Å². The van der Waals surface area contributed by atoms with Gasteiger partial charge in [0.2, 0.25) is 5.16 Å². The second kappa shape index (κ2) is 8.18. The van der Waals surface area contributed by atoms with Crippen molar-refractivity contribution < 1.29 is 9.90 Å². The summed E-state index contributed by atoms with van der Waals surface area (Å²) in [5.74, 6) is 0.211. The Labute approximate surface area is 167 Å². The fourth-order valence-electron chi connectivity index (χ4n) is 3.80. The number of aromatic nitrogens is 4. The van der Waals surface area contributed by atoms with E-state index in [1.165, 1.54) is 19.3 Å². The van der Waals surface area contributed by atoms with Gasteiger partial charge in [-0.1, -0.05) is 49.2 Å². The van der Waals surface area contributed by atoms with Crippen LogP contribution in [0, 0.1) is 6.92 Å². The summed E-state index contributed by atoms with van der Waals surface area (Å²) in [4.78, 5) is 14.4. The number of aromatic amines is 1. The number of hydrogen-bond acceptors (Lipinski definition) is 5. The van der Waals surface area contributed by atoms with Gasteiger partial charge < -0.3 is 10.1 Å². The normalized spacial score (nSPS) is 15.6. The first-order chi connectivity index (χ1) is 13.6. The summed E-state index contributed by atoms with van der Waals surface area (Å²) < 4.78 is 1.74. The average Bonchev–Trinajstić information content (AvgIpc) is 3.25. The lowest BCUT2D eigenvalue weighted by Crippen LogP contribution is -2.11. The Morgan fingerprint density at radius 1 is 1.32 bits per heavy atom. The minimum atomic E-state index is -0.879. The molecule has 0 spiro atoms. The van der Waals surface area contributed by atoms with E-state index in [-0.39, 0.29) is 5.75 Å². The molecule has 3 aromatic rings. The van der Waals surface area contributed by atoms with Crippen molar-refractivity contribution in [3.8, 4) is 0 Å². The van der Waals surface area contributed by atoms with Crippen LogP contribution < -0.4 is 0 Å². The molecule has 146 valence electrons. The van der Waals surface area contributed by atoms with Crippen LogP contribution in [0.4, 0.5) is 0 Å². The van der Waals surface area contributed by atoms with Gasteiger partial charge in [0.1, 0.15) is 0 Å². The summed E-state index contributed by atoms with van der Waals surface area (Å²) in [5, 5.41) is 24.0. The molecule has 1 fully saturated rings. The van der Waals surface area contributed by atoms with Gasteiger partial charge in [-0.2, -0.15) is 9.78 Å². The molecule has 1 aromatic carbocycles. The number of nitrogens with one attached hydrogen (secondary N) is 1. The molecule has 0 saturated heterocycles. The minimum absolute atomic E-state index is 0.0650. The number of carboxylic acids is 1. The number of para-hydroxylation sites is 1. The number of hydrogen-bond donors (Lipinski definition) is 2. The quantitative estimate of drug-likeness (QED) is 0.481. The first-order valence-corrected chi connectivity index (χ1v) is 10.5. The second-order valence-electron chi connectivity index (χ2n) is 7.12. The molecule has 2 heterocycles. The van der Waals surface area contributed by atoms with Crippen LogP contribution in [0.2, 0.25) is 0 Å². The predicted octanol–water partition coefficient (Wildman–Crippen LogP) is 4.17. The number of benzene rings is 1. The number of aryl methyl sites for hydroxylation is 1. The Morgan fingerprint density at radius 3 is 2.89 bits per heavy atom. The SMILES string of the molecule is Cc1[nH]c2ccccc2c1/C=N/n1c(SCC(=O)O)nnc1C1CCCCC1. The van der Waals surface area contributed by atoms with Gasteiger partial charge in [-0.15, -0.1) is 10.2 Å². The average molecular weight is 398 g/mol. The fourth-order valence-corrected chi connectivity index (χ4v) is 4.41. The van der Waals surface area contributed by atoms with Gasteiger partial charge in [0.05, 0.1) is 12.0 Å². The summed E-state index contributed by atoms with van der Waals surface area (Å²) in [6.45, 7) is 2.02. The number of H-pyrrole nitrogens is 1. The lowest BCUT2D eigenvalue weighted by atomic mass is 9.89. The number of fused-ring (bicyclic) bond motifs is 1. The van der Waals surface area contributed by atoms with Crippen LogP contribution in [0.3, 0.4) is 0 Å². The Bertz CT molecular complexity index is 1020. The van der Waals surface area contributed by atoms with E-state index in [1.807, 2.05) is 31.3 Å². The van der Waals surface area contributed by atoms with Crippen LogP contribution >= 0.6 is 11.8 Å². The van der Waals surface area contributed by atoms with Crippen LogP contribution in [-0.4, -0.2) is 42.9 Å².